The summed E-state index contributed by atoms with van der Waals surface area (Å²) in [6, 6.07) is 16.0. The van der Waals surface area contributed by atoms with Crippen LogP contribution in [0.2, 0.25) is 0 Å². The molecule has 2 aromatic carbocycles. The number of hydrogen-bond acceptors (Lipinski definition) is 6. The van der Waals surface area contributed by atoms with Crippen molar-refractivity contribution in [3.8, 4) is 23.0 Å². The first-order valence-corrected chi connectivity index (χ1v) is 10.7. The van der Waals surface area contributed by atoms with E-state index in [9.17, 15) is 0 Å². The van der Waals surface area contributed by atoms with Crippen molar-refractivity contribution in [2.45, 2.75) is 39.0 Å². The van der Waals surface area contributed by atoms with E-state index < -0.39 is 0 Å². The van der Waals surface area contributed by atoms with Crippen LogP contribution in [0, 0.1) is 6.92 Å². The highest BCUT2D eigenvalue weighted by Crippen LogP contribution is 2.38. The Bertz CT molecular complexity index is 986. The molecular formula is C25H30N2O4. The molecule has 1 aliphatic rings. The Balaban J connectivity index is 1.42. The van der Waals surface area contributed by atoms with Gasteiger partial charge >= 0.3 is 0 Å². The highest BCUT2D eigenvalue weighted by atomic mass is 16.5. The van der Waals surface area contributed by atoms with E-state index >= 15 is 0 Å². The number of hydrogen-bond donors (Lipinski definition) is 0. The molecule has 1 aromatic heterocycles. The number of aromatic nitrogens is 1. The van der Waals surface area contributed by atoms with E-state index in [-0.39, 0.29) is 6.10 Å². The molecule has 0 N–H and O–H groups in total. The Morgan fingerprint density at radius 3 is 2.68 bits per heavy atom. The topological polar surface area (TPSA) is 57.0 Å². The third-order valence-electron chi connectivity index (χ3n) is 5.69. The zero-order chi connectivity index (χ0) is 21.6. The van der Waals surface area contributed by atoms with Crippen LogP contribution in [0.3, 0.4) is 0 Å². The lowest BCUT2D eigenvalue weighted by atomic mass is 10.1. The van der Waals surface area contributed by atoms with E-state index in [1.54, 1.807) is 14.2 Å². The lowest BCUT2D eigenvalue weighted by Gasteiger charge is -2.32. The summed E-state index contributed by atoms with van der Waals surface area (Å²) in [5, 5.41) is 0. The normalized spacial score (nSPS) is 16.9. The fraction of sp³-hybridized carbons (Fsp3) is 0.400. The van der Waals surface area contributed by atoms with Gasteiger partial charge in [-0.1, -0.05) is 36.4 Å². The van der Waals surface area contributed by atoms with Crippen LogP contribution in [-0.2, 0) is 17.9 Å². The second-order valence-electron chi connectivity index (χ2n) is 7.86. The van der Waals surface area contributed by atoms with Crippen LogP contribution in [0.1, 0.15) is 29.9 Å². The van der Waals surface area contributed by atoms with Crippen LogP contribution >= 0.6 is 0 Å². The summed E-state index contributed by atoms with van der Waals surface area (Å²) < 4.78 is 23.1. The zero-order valence-electron chi connectivity index (χ0n) is 18.5. The Kier molecular flexibility index (Phi) is 6.89. The molecule has 2 heterocycles. The molecule has 1 fully saturated rings. The Morgan fingerprint density at radius 1 is 1.06 bits per heavy atom. The summed E-state index contributed by atoms with van der Waals surface area (Å²) in [6.07, 6.45) is 2.44. The largest absolute Gasteiger partial charge is 0.493 e. The smallest absolute Gasteiger partial charge is 0.230 e. The summed E-state index contributed by atoms with van der Waals surface area (Å²) in [4.78, 5) is 7.19. The van der Waals surface area contributed by atoms with Crippen LogP contribution in [-0.4, -0.2) is 43.3 Å². The van der Waals surface area contributed by atoms with Gasteiger partial charge in [0.05, 0.1) is 38.2 Å². The number of nitrogens with zero attached hydrogens (tertiary/aromatic N) is 2. The van der Waals surface area contributed by atoms with E-state index in [2.05, 4.69) is 17.0 Å². The first kappa shape index (κ1) is 21.4. The average molecular weight is 423 g/mol. The van der Waals surface area contributed by atoms with Gasteiger partial charge in [0.2, 0.25) is 5.89 Å². The summed E-state index contributed by atoms with van der Waals surface area (Å²) in [5.74, 6) is 2.67. The predicted octanol–water partition coefficient (Wildman–Crippen LogP) is 4.85. The number of para-hydroxylation sites is 1. The molecule has 6 heteroatoms. The summed E-state index contributed by atoms with van der Waals surface area (Å²) in [7, 11) is 3.25. The predicted molar refractivity (Wildman–Crippen MR) is 119 cm³/mol. The molecule has 1 unspecified atom stereocenters. The van der Waals surface area contributed by atoms with Crippen molar-refractivity contribution in [1.29, 1.82) is 0 Å². The number of likely N-dealkylation sites (tertiary alicyclic amines) is 1. The second kappa shape index (κ2) is 9.98. The molecule has 6 nitrogen and oxygen atoms in total. The minimum atomic E-state index is 0.235. The van der Waals surface area contributed by atoms with Gasteiger partial charge in [0, 0.05) is 13.1 Å². The lowest BCUT2D eigenvalue weighted by Crippen LogP contribution is -2.39. The van der Waals surface area contributed by atoms with Crippen molar-refractivity contribution < 1.29 is 18.6 Å². The fourth-order valence-corrected chi connectivity index (χ4v) is 4.04. The van der Waals surface area contributed by atoms with Crippen LogP contribution in [0.25, 0.3) is 11.5 Å². The number of aryl methyl sites for hydroxylation is 1. The van der Waals surface area contributed by atoms with Crippen molar-refractivity contribution in [2.24, 2.45) is 0 Å². The van der Waals surface area contributed by atoms with Gasteiger partial charge in [-0.3, -0.25) is 4.90 Å². The number of methoxy groups -OCH3 is 2. The maximum absolute atomic E-state index is 6.18. The Morgan fingerprint density at radius 2 is 1.90 bits per heavy atom. The van der Waals surface area contributed by atoms with Gasteiger partial charge in [-0.25, -0.2) is 4.98 Å². The summed E-state index contributed by atoms with van der Waals surface area (Å²) in [5.41, 5.74) is 2.95. The second-order valence-corrected chi connectivity index (χ2v) is 7.86. The minimum absolute atomic E-state index is 0.235. The van der Waals surface area contributed by atoms with Crippen LogP contribution in [0.5, 0.6) is 11.5 Å². The molecule has 0 bridgehead atoms. The maximum atomic E-state index is 6.18. The molecule has 1 aliphatic heterocycles. The molecule has 0 amide bonds. The maximum Gasteiger partial charge on any atom is 0.230 e. The van der Waals surface area contributed by atoms with E-state index in [4.69, 9.17) is 23.6 Å². The number of piperidine rings is 1. The number of oxazole rings is 1. The third-order valence-corrected chi connectivity index (χ3v) is 5.69. The highest BCUT2D eigenvalue weighted by Gasteiger charge is 2.24. The van der Waals surface area contributed by atoms with Gasteiger partial charge in [-0.2, -0.15) is 0 Å². The first-order valence-electron chi connectivity index (χ1n) is 10.7. The monoisotopic (exact) mass is 422 g/mol. The molecule has 4 rings (SSSR count). The van der Waals surface area contributed by atoms with E-state index in [1.807, 2.05) is 43.3 Å². The summed E-state index contributed by atoms with van der Waals surface area (Å²) in [6.45, 7) is 5.30. The molecule has 1 atom stereocenters. The highest BCUT2D eigenvalue weighted by molar-refractivity contribution is 5.68. The molecule has 0 aliphatic carbocycles. The van der Waals surface area contributed by atoms with E-state index in [0.717, 1.165) is 49.5 Å². The number of benzene rings is 2. The Labute approximate surface area is 183 Å². The van der Waals surface area contributed by atoms with E-state index in [0.29, 0.717) is 24.0 Å². The fourth-order valence-electron chi connectivity index (χ4n) is 4.04. The van der Waals surface area contributed by atoms with Crippen molar-refractivity contribution in [1.82, 2.24) is 9.88 Å². The van der Waals surface area contributed by atoms with Crippen molar-refractivity contribution in [2.75, 3.05) is 27.3 Å². The average Bonchev–Trinajstić information content (AvgIpc) is 3.17. The molecular weight excluding hydrogens is 392 g/mol. The molecule has 1 saturated heterocycles. The zero-order valence-corrected chi connectivity index (χ0v) is 18.5. The molecule has 0 saturated carbocycles. The van der Waals surface area contributed by atoms with Gasteiger partial charge in [0.1, 0.15) is 5.76 Å². The van der Waals surface area contributed by atoms with Gasteiger partial charge in [-0.15, -0.1) is 0 Å². The molecule has 3 aromatic rings. The van der Waals surface area contributed by atoms with Crippen LogP contribution in [0.4, 0.5) is 0 Å². The number of rotatable bonds is 8. The standard InChI is InChI=1S/C25H30N2O4/c1-18-22(26-25(31-18)21-12-7-13-23(28-2)24(21)29-3)16-27-14-8-11-20(15-27)30-17-19-9-5-4-6-10-19/h4-7,9-10,12-13,20H,8,11,14-17H2,1-3H3. The van der Waals surface area contributed by atoms with Crippen molar-refractivity contribution in [3.05, 3.63) is 65.5 Å². The quantitative estimate of drug-likeness (QED) is 0.517. The van der Waals surface area contributed by atoms with Crippen molar-refractivity contribution >= 4 is 0 Å². The van der Waals surface area contributed by atoms with Gasteiger partial charge in [-0.05, 0) is 44.0 Å². The van der Waals surface area contributed by atoms with Gasteiger partial charge in [0.15, 0.2) is 11.5 Å². The minimum Gasteiger partial charge on any atom is -0.493 e. The van der Waals surface area contributed by atoms with Gasteiger partial charge in [0.25, 0.3) is 0 Å². The van der Waals surface area contributed by atoms with Gasteiger partial charge < -0.3 is 18.6 Å². The van der Waals surface area contributed by atoms with Crippen molar-refractivity contribution in [3.63, 3.8) is 0 Å². The van der Waals surface area contributed by atoms with E-state index in [1.165, 1.54) is 5.56 Å². The first-order chi connectivity index (χ1) is 15.2. The molecule has 0 spiro atoms. The van der Waals surface area contributed by atoms with Crippen LogP contribution in [0.15, 0.2) is 52.9 Å². The van der Waals surface area contributed by atoms with Crippen LogP contribution < -0.4 is 9.47 Å². The lowest BCUT2D eigenvalue weighted by molar-refractivity contribution is -0.0123. The third kappa shape index (κ3) is 5.09. The molecule has 0 radical (unpaired) electrons. The molecule has 164 valence electrons. The summed E-state index contributed by atoms with van der Waals surface area (Å²) >= 11 is 0. The SMILES string of the molecule is COc1cccc(-c2nc(CN3CCCC(OCc4ccccc4)C3)c(C)o2)c1OC. The Hall–Kier alpha value is -2.83. The molecule has 31 heavy (non-hydrogen) atoms. The number of ether oxygens (including phenoxy) is 3.